The van der Waals surface area contributed by atoms with Crippen molar-refractivity contribution >= 4 is 5.97 Å². The number of nitriles is 1. The Kier molecular flexibility index (Phi) is 5.21. The van der Waals surface area contributed by atoms with Gasteiger partial charge in [-0.3, -0.25) is 0 Å². The van der Waals surface area contributed by atoms with Gasteiger partial charge in [-0.15, -0.1) is 0 Å². The fraction of sp³-hybridized carbons (Fsp3) is 0.333. The van der Waals surface area contributed by atoms with Crippen molar-refractivity contribution < 1.29 is 23.0 Å². The molecule has 0 aliphatic rings. The van der Waals surface area contributed by atoms with E-state index in [0.717, 1.165) is 0 Å². The van der Waals surface area contributed by atoms with Gasteiger partial charge in [0.05, 0.1) is 12.2 Å². The molecular weight excluding hydrogens is 258 g/mol. The Morgan fingerprint density at radius 3 is 2.68 bits per heavy atom. The Balaban J connectivity index is 3.35. The van der Waals surface area contributed by atoms with E-state index in [1.165, 1.54) is 12.1 Å². The number of nitrogens with zero attached hydrogens (tertiary/aromatic N) is 1. The zero-order valence-corrected chi connectivity index (χ0v) is 10.2. The third-order valence-electron chi connectivity index (χ3n) is 2.22. The zero-order chi connectivity index (χ0) is 14.4. The van der Waals surface area contributed by atoms with Crippen LogP contribution in [0.25, 0.3) is 0 Å². The van der Waals surface area contributed by atoms with Crippen LogP contribution < -0.4 is 10.5 Å². The molecule has 0 spiro atoms. The summed E-state index contributed by atoms with van der Waals surface area (Å²) >= 11 is 0. The fourth-order valence-electron chi connectivity index (χ4n) is 1.46. The Bertz CT molecular complexity index is 512. The lowest BCUT2D eigenvalue weighted by atomic mass is 10.0. The summed E-state index contributed by atoms with van der Waals surface area (Å²) in [6.45, 7) is -1.40. The number of benzene rings is 1. The molecule has 0 unspecified atom stereocenters. The number of alkyl halides is 2. The maximum Gasteiger partial charge on any atom is 0.387 e. The van der Waals surface area contributed by atoms with Crippen LogP contribution in [0, 0.1) is 11.3 Å². The first-order valence-electron chi connectivity index (χ1n) is 5.42. The molecule has 1 aromatic carbocycles. The van der Waals surface area contributed by atoms with Gasteiger partial charge < -0.3 is 15.2 Å². The molecule has 2 N–H and O–H groups in total. The van der Waals surface area contributed by atoms with Crippen molar-refractivity contribution in [3.8, 4) is 11.8 Å². The minimum absolute atomic E-state index is 0.0116. The predicted octanol–water partition coefficient (Wildman–Crippen LogP) is 1.80. The largest absolute Gasteiger partial charge is 0.462 e. The molecule has 0 radical (unpaired) electrons. The highest BCUT2D eigenvalue weighted by molar-refractivity contribution is 5.93. The minimum Gasteiger partial charge on any atom is -0.462 e. The van der Waals surface area contributed by atoms with Crippen LogP contribution in [0.15, 0.2) is 12.1 Å². The summed E-state index contributed by atoms with van der Waals surface area (Å²) in [4.78, 5) is 11.7. The number of nitrogens with two attached hydrogens (primary N) is 1. The lowest BCUT2D eigenvalue weighted by Gasteiger charge is -2.12. The van der Waals surface area contributed by atoms with Crippen molar-refractivity contribution in [1.82, 2.24) is 0 Å². The average Bonchev–Trinajstić information content (AvgIpc) is 2.37. The van der Waals surface area contributed by atoms with E-state index < -0.39 is 12.6 Å². The summed E-state index contributed by atoms with van der Waals surface area (Å²) in [5.41, 5.74) is 5.36. The average molecular weight is 270 g/mol. The molecule has 0 atom stereocenters. The number of carbonyl (C=O) groups excluding carboxylic acids is 1. The lowest BCUT2D eigenvalue weighted by molar-refractivity contribution is -0.0501. The zero-order valence-electron chi connectivity index (χ0n) is 10.2. The third kappa shape index (κ3) is 3.63. The molecule has 1 rings (SSSR count). The first kappa shape index (κ1) is 14.9. The van der Waals surface area contributed by atoms with Crippen LogP contribution in [0.5, 0.6) is 5.75 Å². The third-order valence-corrected chi connectivity index (χ3v) is 2.22. The summed E-state index contributed by atoms with van der Waals surface area (Å²) in [6, 6.07) is 4.19. The number of carbonyl (C=O) groups is 1. The summed E-state index contributed by atoms with van der Waals surface area (Å²) in [6.07, 6.45) is 0. The fourth-order valence-corrected chi connectivity index (χ4v) is 1.46. The van der Waals surface area contributed by atoms with Crippen molar-refractivity contribution in [3.63, 3.8) is 0 Å². The smallest absolute Gasteiger partial charge is 0.387 e. The number of hydrogen-bond acceptors (Lipinski definition) is 5. The van der Waals surface area contributed by atoms with E-state index in [9.17, 15) is 13.6 Å². The molecule has 5 nitrogen and oxygen atoms in total. The molecule has 102 valence electrons. The predicted molar refractivity (Wildman–Crippen MR) is 61.6 cm³/mol. The van der Waals surface area contributed by atoms with Gasteiger partial charge >= 0.3 is 12.6 Å². The molecule has 0 aromatic heterocycles. The van der Waals surface area contributed by atoms with Crippen LogP contribution in [0.3, 0.4) is 0 Å². The van der Waals surface area contributed by atoms with E-state index in [0.29, 0.717) is 5.56 Å². The van der Waals surface area contributed by atoms with Crippen LogP contribution in [-0.4, -0.2) is 19.2 Å². The molecule has 0 aliphatic carbocycles. The number of esters is 1. The van der Waals surface area contributed by atoms with Crippen molar-refractivity contribution in [2.75, 3.05) is 6.61 Å². The van der Waals surface area contributed by atoms with Crippen molar-refractivity contribution in [3.05, 3.63) is 28.8 Å². The summed E-state index contributed by atoms with van der Waals surface area (Å²) in [5.74, 6) is -1.17. The van der Waals surface area contributed by atoms with E-state index in [-0.39, 0.29) is 30.0 Å². The molecule has 0 saturated heterocycles. The highest BCUT2D eigenvalue weighted by atomic mass is 19.3. The Labute approximate surface area is 108 Å². The van der Waals surface area contributed by atoms with Crippen LogP contribution in [0.4, 0.5) is 8.78 Å². The molecule has 7 heteroatoms. The molecule has 19 heavy (non-hydrogen) atoms. The quantitative estimate of drug-likeness (QED) is 0.824. The second-order valence-electron chi connectivity index (χ2n) is 3.43. The van der Waals surface area contributed by atoms with Gasteiger partial charge in [-0.05, 0) is 24.6 Å². The Morgan fingerprint density at radius 1 is 1.53 bits per heavy atom. The topological polar surface area (TPSA) is 85.3 Å². The summed E-state index contributed by atoms with van der Waals surface area (Å²) in [7, 11) is 0. The van der Waals surface area contributed by atoms with Crippen LogP contribution in [0.1, 0.15) is 28.4 Å². The maximum atomic E-state index is 12.3. The molecule has 0 amide bonds. The molecule has 0 aliphatic heterocycles. The monoisotopic (exact) mass is 270 g/mol. The maximum absolute atomic E-state index is 12.3. The summed E-state index contributed by atoms with van der Waals surface area (Å²) < 4.78 is 33.5. The van der Waals surface area contributed by atoms with Crippen LogP contribution in [-0.2, 0) is 11.3 Å². The SMILES string of the molecule is CCOC(=O)c1cc(CN)cc(OC(F)F)c1C#N. The van der Waals surface area contributed by atoms with Gasteiger partial charge in [0.25, 0.3) is 0 Å². The van der Waals surface area contributed by atoms with E-state index in [2.05, 4.69) is 4.74 Å². The second kappa shape index (κ2) is 6.66. The van der Waals surface area contributed by atoms with Crippen molar-refractivity contribution in [1.29, 1.82) is 5.26 Å². The van der Waals surface area contributed by atoms with Crippen LogP contribution in [0.2, 0.25) is 0 Å². The van der Waals surface area contributed by atoms with E-state index in [1.54, 1.807) is 13.0 Å². The van der Waals surface area contributed by atoms with Gasteiger partial charge in [-0.25, -0.2) is 4.79 Å². The van der Waals surface area contributed by atoms with Crippen molar-refractivity contribution in [2.24, 2.45) is 5.73 Å². The van der Waals surface area contributed by atoms with E-state index in [1.807, 2.05) is 0 Å². The lowest BCUT2D eigenvalue weighted by Crippen LogP contribution is -2.12. The van der Waals surface area contributed by atoms with Gasteiger partial charge in [-0.2, -0.15) is 14.0 Å². The second-order valence-corrected chi connectivity index (χ2v) is 3.43. The highest BCUT2D eigenvalue weighted by Crippen LogP contribution is 2.26. The summed E-state index contributed by atoms with van der Waals surface area (Å²) in [5, 5.41) is 8.98. The van der Waals surface area contributed by atoms with Gasteiger partial charge in [0.15, 0.2) is 0 Å². The standard InChI is InChI=1S/C12H12F2N2O3/c1-2-18-11(17)8-3-7(5-15)4-10(9(8)6-16)19-12(13)14/h3-4,12H,2,5,15H2,1H3. The Hall–Kier alpha value is -2.20. The minimum atomic E-state index is -3.10. The van der Waals surface area contributed by atoms with Crippen LogP contribution >= 0.6 is 0 Å². The molecule has 0 saturated carbocycles. The highest BCUT2D eigenvalue weighted by Gasteiger charge is 2.20. The van der Waals surface area contributed by atoms with Gasteiger partial charge in [0.2, 0.25) is 0 Å². The molecular formula is C12H12F2N2O3. The van der Waals surface area contributed by atoms with Gasteiger partial charge in [0.1, 0.15) is 17.4 Å². The van der Waals surface area contributed by atoms with Crippen molar-refractivity contribution in [2.45, 2.75) is 20.1 Å². The molecule has 0 bridgehead atoms. The first-order chi connectivity index (χ1) is 9.03. The molecule has 1 aromatic rings. The van der Waals surface area contributed by atoms with Gasteiger partial charge in [0, 0.05) is 6.54 Å². The number of ether oxygens (including phenoxy) is 2. The normalized spacial score (nSPS) is 10.1. The number of halogens is 2. The van der Waals surface area contributed by atoms with E-state index >= 15 is 0 Å². The van der Waals surface area contributed by atoms with E-state index in [4.69, 9.17) is 15.7 Å². The number of rotatable bonds is 5. The molecule has 0 heterocycles. The Morgan fingerprint density at radius 2 is 2.21 bits per heavy atom. The first-order valence-corrected chi connectivity index (χ1v) is 5.42. The van der Waals surface area contributed by atoms with Gasteiger partial charge in [-0.1, -0.05) is 0 Å². The number of hydrogen-bond donors (Lipinski definition) is 1. The molecule has 0 fully saturated rings.